The van der Waals surface area contributed by atoms with Gasteiger partial charge >= 0.3 is 0 Å². The van der Waals surface area contributed by atoms with E-state index < -0.39 is 0 Å². The maximum absolute atomic E-state index is 13.6. The van der Waals surface area contributed by atoms with E-state index in [1.807, 2.05) is 19.9 Å². The monoisotopic (exact) mass is 421 g/mol. The van der Waals surface area contributed by atoms with Crippen molar-refractivity contribution in [1.29, 1.82) is 0 Å². The molecule has 31 heavy (non-hydrogen) atoms. The molecule has 0 unspecified atom stereocenters. The van der Waals surface area contributed by atoms with Crippen LogP contribution < -0.4 is 14.4 Å². The number of aromatic nitrogens is 2. The van der Waals surface area contributed by atoms with Crippen molar-refractivity contribution in [3.63, 3.8) is 0 Å². The van der Waals surface area contributed by atoms with E-state index in [1.165, 1.54) is 0 Å². The first-order chi connectivity index (χ1) is 14.8. The lowest BCUT2D eigenvalue weighted by Gasteiger charge is -2.19. The van der Waals surface area contributed by atoms with Gasteiger partial charge in [-0.3, -0.25) is 4.79 Å². The molecule has 0 spiro atoms. The molecule has 0 radical (unpaired) electrons. The number of amides is 1. The van der Waals surface area contributed by atoms with Crippen molar-refractivity contribution in [2.45, 2.75) is 20.8 Å². The molecule has 0 saturated carbocycles. The van der Waals surface area contributed by atoms with Crippen LogP contribution in [-0.2, 0) is 0 Å². The van der Waals surface area contributed by atoms with Crippen molar-refractivity contribution >= 4 is 22.7 Å². The van der Waals surface area contributed by atoms with Gasteiger partial charge in [-0.2, -0.15) is 0 Å². The summed E-state index contributed by atoms with van der Waals surface area (Å²) < 4.78 is 21.7. The molecule has 4 aromatic rings. The zero-order chi connectivity index (χ0) is 22.3. The van der Waals surface area contributed by atoms with Crippen molar-refractivity contribution in [1.82, 2.24) is 10.1 Å². The Morgan fingerprint density at radius 3 is 2.42 bits per heavy atom. The van der Waals surface area contributed by atoms with Crippen molar-refractivity contribution in [2.75, 3.05) is 26.2 Å². The van der Waals surface area contributed by atoms with E-state index in [4.69, 9.17) is 18.4 Å². The van der Waals surface area contributed by atoms with Crippen LogP contribution in [0.25, 0.3) is 22.4 Å². The fourth-order valence-corrected chi connectivity index (χ4v) is 3.62. The third kappa shape index (κ3) is 3.50. The van der Waals surface area contributed by atoms with Gasteiger partial charge in [0.15, 0.2) is 11.5 Å². The summed E-state index contributed by atoms with van der Waals surface area (Å²) in [6.07, 6.45) is 0. The van der Waals surface area contributed by atoms with Gasteiger partial charge in [0.05, 0.1) is 36.6 Å². The molecule has 0 aliphatic heterocycles. The summed E-state index contributed by atoms with van der Waals surface area (Å²) in [6, 6.07) is 8.94. The second kappa shape index (κ2) is 7.79. The Hall–Kier alpha value is -3.81. The number of methoxy groups -OCH3 is 2. The van der Waals surface area contributed by atoms with Crippen molar-refractivity contribution < 1.29 is 23.2 Å². The lowest BCUT2D eigenvalue weighted by atomic mass is 10.0. The first-order valence-corrected chi connectivity index (χ1v) is 9.68. The first-order valence-electron chi connectivity index (χ1n) is 9.68. The van der Waals surface area contributed by atoms with Crippen molar-refractivity contribution in [3.8, 4) is 22.8 Å². The van der Waals surface area contributed by atoms with E-state index in [2.05, 4.69) is 10.1 Å². The third-order valence-electron chi connectivity index (χ3n) is 5.22. The number of ether oxygens (including phenoxy) is 2. The molecule has 0 aliphatic carbocycles. The zero-order valence-corrected chi connectivity index (χ0v) is 18.3. The fourth-order valence-electron chi connectivity index (χ4n) is 3.62. The Morgan fingerprint density at radius 1 is 1.03 bits per heavy atom. The summed E-state index contributed by atoms with van der Waals surface area (Å²) in [5, 5.41) is 4.60. The smallest absolute Gasteiger partial charge is 0.259 e. The number of carbonyl (C=O) groups is 1. The highest BCUT2D eigenvalue weighted by Gasteiger charge is 2.24. The molecule has 0 bridgehead atoms. The summed E-state index contributed by atoms with van der Waals surface area (Å²) in [7, 11) is 4.82. The summed E-state index contributed by atoms with van der Waals surface area (Å²) in [4.78, 5) is 19.7. The lowest BCUT2D eigenvalue weighted by Crippen LogP contribution is -2.26. The predicted octanol–water partition coefficient (Wildman–Crippen LogP) is 4.70. The van der Waals surface area contributed by atoms with E-state index in [0.717, 1.165) is 11.3 Å². The summed E-state index contributed by atoms with van der Waals surface area (Å²) in [5.74, 6) is 2.36. The summed E-state index contributed by atoms with van der Waals surface area (Å²) >= 11 is 0. The van der Waals surface area contributed by atoms with Crippen LogP contribution in [0.3, 0.4) is 0 Å². The number of aryl methyl sites for hydroxylation is 3. The minimum absolute atomic E-state index is 0.231. The van der Waals surface area contributed by atoms with Crippen LogP contribution in [0.2, 0.25) is 0 Å². The highest BCUT2D eigenvalue weighted by molar-refractivity contribution is 6.14. The molecule has 0 N–H and O–H groups in total. The van der Waals surface area contributed by atoms with Crippen molar-refractivity contribution in [2.24, 2.45) is 0 Å². The van der Waals surface area contributed by atoms with Crippen molar-refractivity contribution in [3.05, 3.63) is 53.1 Å². The van der Waals surface area contributed by atoms with E-state index in [9.17, 15) is 4.79 Å². The van der Waals surface area contributed by atoms with Gasteiger partial charge in [0, 0.05) is 24.4 Å². The molecule has 0 saturated heterocycles. The van der Waals surface area contributed by atoms with Gasteiger partial charge in [-0.1, -0.05) is 5.16 Å². The molecule has 8 nitrogen and oxygen atoms in total. The molecule has 3 heterocycles. The van der Waals surface area contributed by atoms with Gasteiger partial charge in [-0.25, -0.2) is 4.98 Å². The fraction of sp³-hybridized carbons (Fsp3) is 0.261. The molecule has 1 amide bonds. The summed E-state index contributed by atoms with van der Waals surface area (Å²) in [5.41, 5.74) is 3.38. The molecular weight excluding hydrogens is 398 g/mol. The molecule has 0 atom stereocenters. The number of hydrogen-bond acceptors (Lipinski definition) is 7. The minimum atomic E-state index is -0.231. The molecule has 0 fully saturated rings. The average Bonchev–Trinajstić information content (AvgIpc) is 3.32. The first kappa shape index (κ1) is 20.5. The summed E-state index contributed by atoms with van der Waals surface area (Å²) in [6.45, 7) is 5.51. The second-order valence-corrected chi connectivity index (χ2v) is 7.23. The maximum atomic E-state index is 13.6. The predicted molar refractivity (Wildman–Crippen MR) is 116 cm³/mol. The van der Waals surface area contributed by atoms with E-state index >= 15 is 0 Å². The van der Waals surface area contributed by atoms with E-state index in [-0.39, 0.29) is 5.91 Å². The molecule has 3 aromatic heterocycles. The Kier molecular flexibility index (Phi) is 5.14. The van der Waals surface area contributed by atoms with E-state index in [0.29, 0.717) is 51.0 Å². The largest absolute Gasteiger partial charge is 0.493 e. The Balaban J connectivity index is 1.83. The number of hydrogen-bond donors (Lipinski definition) is 0. The molecule has 4 rings (SSSR count). The molecule has 0 aliphatic rings. The molecule has 160 valence electrons. The van der Waals surface area contributed by atoms with Crippen LogP contribution in [0.4, 0.5) is 5.69 Å². The van der Waals surface area contributed by atoms with Crippen LogP contribution >= 0.6 is 0 Å². The number of rotatable bonds is 5. The number of carbonyl (C=O) groups excluding carboxylic acids is 1. The lowest BCUT2D eigenvalue weighted by molar-refractivity contribution is 0.0994. The normalized spacial score (nSPS) is 11.0. The highest BCUT2D eigenvalue weighted by atomic mass is 16.5. The second-order valence-electron chi connectivity index (χ2n) is 7.23. The topological polar surface area (TPSA) is 90.8 Å². The van der Waals surface area contributed by atoms with Gasteiger partial charge in [0.1, 0.15) is 11.5 Å². The maximum Gasteiger partial charge on any atom is 0.259 e. The van der Waals surface area contributed by atoms with Crippen LogP contribution in [0.1, 0.15) is 27.6 Å². The van der Waals surface area contributed by atoms with Gasteiger partial charge in [0.2, 0.25) is 0 Å². The van der Waals surface area contributed by atoms with Crippen LogP contribution in [-0.4, -0.2) is 37.3 Å². The van der Waals surface area contributed by atoms with Crippen LogP contribution in [0.5, 0.6) is 11.5 Å². The Morgan fingerprint density at radius 2 is 1.77 bits per heavy atom. The average molecular weight is 421 g/mol. The van der Waals surface area contributed by atoms with Gasteiger partial charge < -0.3 is 23.3 Å². The standard InChI is InChI=1S/C23H23N3O5/c1-12-9-16(14(3)30-12)18-11-17(21-13(2)25-31-22(21)24-18)23(27)26(4)15-7-8-19(28-5)20(10-15)29-6/h7-11H,1-6H3. The third-order valence-corrected chi connectivity index (χ3v) is 5.22. The number of fused-ring (bicyclic) bond motifs is 1. The number of pyridine rings is 1. The zero-order valence-electron chi connectivity index (χ0n) is 18.3. The Bertz CT molecular complexity index is 1290. The number of furan rings is 1. The van der Waals surface area contributed by atoms with Gasteiger partial charge in [-0.05, 0) is 45.0 Å². The minimum Gasteiger partial charge on any atom is -0.493 e. The highest BCUT2D eigenvalue weighted by Crippen LogP contribution is 2.34. The molecule has 8 heteroatoms. The number of benzene rings is 1. The number of anilines is 1. The van der Waals surface area contributed by atoms with Gasteiger partial charge in [-0.15, -0.1) is 0 Å². The van der Waals surface area contributed by atoms with Gasteiger partial charge in [0.25, 0.3) is 11.6 Å². The quantitative estimate of drug-likeness (QED) is 0.461. The number of nitrogens with zero attached hydrogens (tertiary/aromatic N) is 3. The SMILES string of the molecule is COc1ccc(N(C)C(=O)c2cc(-c3cc(C)oc3C)nc3onc(C)c23)cc1OC. The van der Waals surface area contributed by atoms with Crippen LogP contribution in [0, 0.1) is 20.8 Å². The van der Waals surface area contributed by atoms with Crippen LogP contribution in [0.15, 0.2) is 39.3 Å². The Labute approximate surface area is 179 Å². The van der Waals surface area contributed by atoms with E-state index in [1.54, 1.807) is 57.4 Å². The molecular formula is C23H23N3O5. The molecule has 1 aromatic carbocycles.